The van der Waals surface area contributed by atoms with Gasteiger partial charge in [0.1, 0.15) is 6.04 Å². The van der Waals surface area contributed by atoms with E-state index in [0.29, 0.717) is 17.7 Å². The van der Waals surface area contributed by atoms with Crippen LogP contribution in [0, 0.1) is 11.3 Å². The van der Waals surface area contributed by atoms with E-state index >= 15 is 0 Å². The van der Waals surface area contributed by atoms with Crippen LogP contribution in [0.5, 0.6) is 0 Å². The van der Waals surface area contributed by atoms with E-state index in [1.807, 2.05) is 6.07 Å². The van der Waals surface area contributed by atoms with Crippen molar-refractivity contribution in [3.05, 3.63) is 70.4 Å². The van der Waals surface area contributed by atoms with E-state index in [1.54, 1.807) is 0 Å². The van der Waals surface area contributed by atoms with Gasteiger partial charge in [-0.05, 0) is 55.2 Å². The summed E-state index contributed by atoms with van der Waals surface area (Å²) in [4.78, 5) is 42.0. The van der Waals surface area contributed by atoms with Crippen LogP contribution in [0.1, 0.15) is 48.4 Å². The van der Waals surface area contributed by atoms with Crippen LogP contribution in [0.25, 0.3) is 0 Å². The highest BCUT2D eigenvalue weighted by molar-refractivity contribution is 7.90. The lowest BCUT2D eigenvalue weighted by atomic mass is 9.92. The maximum Gasteiger partial charge on any atom is 0.416 e. The quantitative estimate of drug-likeness (QED) is 0.591. The van der Waals surface area contributed by atoms with Gasteiger partial charge in [0.25, 0.3) is 0 Å². The molecule has 0 spiro atoms. The third-order valence-corrected chi connectivity index (χ3v) is 7.94. The first-order valence-electron chi connectivity index (χ1n) is 11.9. The number of urea groups is 2. The maximum atomic E-state index is 14.0. The molecule has 2 aromatic carbocycles. The number of Topliss-reactive ketones (excluding diaryl/α,β-unsaturated/α-hetero) is 1. The predicted octanol–water partition coefficient (Wildman–Crippen LogP) is 4.45. The summed E-state index contributed by atoms with van der Waals surface area (Å²) in [6.45, 7) is 0. The van der Waals surface area contributed by atoms with E-state index in [4.69, 9.17) is 0 Å². The van der Waals surface area contributed by atoms with Crippen molar-refractivity contribution in [1.82, 2.24) is 10.2 Å². The summed E-state index contributed by atoms with van der Waals surface area (Å²) in [5.74, 6) is -0.479. The van der Waals surface area contributed by atoms with Gasteiger partial charge in [-0.15, -0.1) is 0 Å². The zero-order valence-electron chi connectivity index (χ0n) is 20.4. The van der Waals surface area contributed by atoms with Crippen LogP contribution < -0.4 is 10.2 Å². The topological polar surface area (TPSA) is 128 Å². The number of rotatable bonds is 4. The summed E-state index contributed by atoms with van der Waals surface area (Å²) < 4.78 is 66.0. The molecule has 39 heavy (non-hydrogen) atoms. The van der Waals surface area contributed by atoms with Crippen LogP contribution in [0.4, 0.5) is 28.4 Å². The first-order chi connectivity index (χ1) is 18.3. The van der Waals surface area contributed by atoms with E-state index in [9.17, 15) is 41.2 Å². The van der Waals surface area contributed by atoms with Gasteiger partial charge in [-0.3, -0.25) is 9.69 Å². The molecule has 1 fully saturated rings. The molecule has 13 heteroatoms. The number of anilines is 1. The Morgan fingerprint density at radius 2 is 1.82 bits per heavy atom. The van der Waals surface area contributed by atoms with Crippen molar-refractivity contribution >= 4 is 33.4 Å². The van der Waals surface area contributed by atoms with E-state index in [2.05, 4.69) is 5.32 Å². The summed E-state index contributed by atoms with van der Waals surface area (Å²) in [7, 11) is -4.02. The van der Waals surface area contributed by atoms with Gasteiger partial charge in [-0.2, -0.15) is 18.4 Å². The standard InChI is InChI=1S/C26H21F3N4O5S/c1-39(37,38)21-11-14(13-30)5-8-18(21)23-22-19(9-10-20(22)34)32(17-4-2-3-15(12-17)26(27,28)29)25(36)33(23)24(35)31-16-6-7-16/h2-5,8,11-12,16,23H,6-7,9-10H2,1H3,(H,31,35)/t23-/m1/s1. The van der Waals surface area contributed by atoms with Crippen LogP contribution in [0.15, 0.2) is 58.6 Å². The number of ketones is 1. The van der Waals surface area contributed by atoms with Crippen molar-refractivity contribution < 1.29 is 36.0 Å². The monoisotopic (exact) mass is 558 g/mol. The summed E-state index contributed by atoms with van der Waals surface area (Å²) in [6, 6.07) is 5.85. The minimum atomic E-state index is -4.71. The van der Waals surface area contributed by atoms with Crippen molar-refractivity contribution in [2.24, 2.45) is 0 Å². The molecule has 2 aromatic rings. The Morgan fingerprint density at radius 3 is 2.44 bits per heavy atom. The van der Waals surface area contributed by atoms with Crippen LogP contribution in [-0.2, 0) is 20.8 Å². The Morgan fingerprint density at radius 1 is 1.10 bits per heavy atom. The van der Waals surface area contributed by atoms with Gasteiger partial charge >= 0.3 is 18.2 Å². The number of imide groups is 1. The number of benzene rings is 2. The van der Waals surface area contributed by atoms with Gasteiger partial charge in [-0.1, -0.05) is 12.1 Å². The summed E-state index contributed by atoms with van der Waals surface area (Å²) >= 11 is 0. The Balaban J connectivity index is 1.77. The first kappa shape index (κ1) is 26.4. The first-order valence-corrected chi connectivity index (χ1v) is 13.8. The highest BCUT2D eigenvalue weighted by Gasteiger charge is 2.50. The number of sulfone groups is 1. The molecule has 1 N–H and O–H groups in total. The Hall–Kier alpha value is -4.18. The number of nitrogens with zero attached hydrogens (tertiary/aromatic N) is 3. The largest absolute Gasteiger partial charge is 0.416 e. The molecule has 0 bridgehead atoms. The number of halogens is 3. The number of allylic oxidation sites excluding steroid dienone is 1. The second-order valence-corrected chi connectivity index (χ2v) is 11.6. The van der Waals surface area contributed by atoms with Crippen molar-refractivity contribution in [2.75, 3.05) is 11.2 Å². The smallest absolute Gasteiger partial charge is 0.335 e. The number of carbonyl (C=O) groups is 3. The normalized spacial score (nSPS) is 19.7. The molecule has 0 aromatic heterocycles. The van der Waals surface area contributed by atoms with E-state index in [1.165, 1.54) is 18.2 Å². The molecule has 5 rings (SSSR count). The SMILES string of the molecule is CS(=O)(=O)c1cc(C#N)ccc1[C@@H]1C2=C(CCC2=O)N(c2cccc(C(F)(F)F)c2)C(=O)N1C(=O)NC1CC1. The third-order valence-electron chi connectivity index (χ3n) is 6.79. The highest BCUT2D eigenvalue weighted by Crippen LogP contribution is 2.47. The average molecular weight is 559 g/mol. The molecular formula is C26H21F3N4O5S. The predicted molar refractivity (Wildman–Crippen MR) is 131 cm³/mol. The van der Waals surface area contributed by atoms with Gasteiger partial charge in [0.05, 0.1) is 27.8 Å². The summed E-state index contributed by atoms with van der Waals surface area (Å²) in [5, 5.41) is 12.0. The number of nitrogens with one attached hydrogen (secondary N) is 1. The number of alkyl halides is 3. The molecule has 9 nitrogen and oxygen atoms in total. The number of hydrogen-bond acceptors (Lipinski definition) is 6. The van der Waals surface area contributed by atoms with Crippen molar-refractivity contribution in [3.8, 4) is 6.07 Å². The lowest BCUT2D eigenvalue weighted by Crippen LogP contribution is -2.55. The number of amides is 4. The Bertz CT molecular complexity index is 1610. The fraction of sp³-hybridized carbons (Fsp3) is 0.308. The number of nitriles is 1. The fourth-order valence-electron chi connectivity index (χ4n) is 4.88. The molecule has 0 radical (unpaired) electrons. The lowest BCUT2D eigenvalue weighted by molar-refractivity contribution is -0.137. The zero-order valence-corrected chi connectivity index (χ0v) is 21.3. The van der Waals surface area contributed by atoms with Gasteiger partial charge in [0, 0.05) is 30.0 Å². The fourth-order valence-corrected chi connectivity index (χ4v) is 5.83. The molecule has 1 aliphatic heterocycles. The average Bonchev–Trinajstić information content (AvgIpc) is 3.61. The molecule has 3 aliphatic rings. The van der Waals surface area contributed by atoms with Gasteiger partial charge in [0.2, 0.25) is 0 Å². The molecule has 202 valence electrons. The molecular weight excluding hydrogens is 537 g/mol. The molecule has 2 aliphatic carbocycles. The zero-order chi connectivity index (χ0) is 28.3. The molecule has 1 atom stereocenters. The van der Waals surface area contributed by atoms with Gasteiger partial charge < -0.3 is 5.32 Å². The van der Waals surface area contributed by atoms with Crippen molar-refractivity contribution in [1.29, 1.82) is 5.26 Å². The Kier molecular flexibility index (Phi) is 6.26. The van der Waals surface area contributed by atoms with Crippen LogP contribution in [0.2, 0.25) is 0 Å². The van der Waals surface area contributed by atoms with Gasteiger partial charge in [-0.25, -0.2) is 22.9 Å². The van der Waals surface area contributed by atoms with Crippen LogP contribution in [0.3, 0.4) is 0 Å². The lowest BCUT2D eigenvalue weighted by Gasteiger charge is -2.41. The van der Waals surface area contributed by atoms with E-state index < -0.39 is 45.5 Å². The van der Waals surface area contributed by atoms with Crippen molar-refractivity contribution in [3.63, 3.8) is 0 Å². The van der Waals surface area contributed by atoms with Crippen LogP contribution >= 0.6 is 0 Å². The Labute approximate surface area is 221 Å². The van der Waals surface area contributed by atoms with Crippen molar-refractivity contribution in [2.45, 2.75) is 48.8 Å². The maximum absolute atomic E-state index is 14.0. The van der Waals surface area contributed by atoms with E-state index in [-0.39, 0.29) is 51.9 Å². The second kappa shape index (κ2) is 9.23. The molecule has 0 saturated heterocycles. The third kappa shape index (κ3) is 4.76. The summed E-state index contributed by atoms with van der Waals surface area (Å²) in [5.41, 5.74) is -1.25. The molecule has 4 amide bonds. The van der Waals surface area contributed by atoms with E-state index in [0.717, 1.165) is 35.4 Å². The molecule has 0 unspecified atom stereocenters. The van der Waals surface area contributed by atoms with Crippen LogP contribution in [-0.4, -0.2) is 43.5 Å². The minimum absolute atomic E-state index is 0.00474. The number of carbonyl (C=O) groups excluding carboxylic acids is 3. The molecule has 1 saturated carbocycles. The number of hydrogen-bond donors (Lipinski definition) is 1. The molecule has 1 heterocycles. The highest BCUT2D eigenvalue weighted by atomic mass is 32.2. The summed E-state index contributed by atoms with van der Waals surface area (Å²) in [6.07, 6.45) is -2.62. The second-order valence-electron chi connectivity index (χ2n) is 9.58. The van der Waals surface area contributed by atoms with Gasteiger partial charge in [0.15, 0.2) is 15.6 Å². The minimum Gasteiger partial charge on any atom is -0.335 e.